The van der Waals surface area contributed by atoms with Gasteiger partial charge in [0.2, 0.25) is 27.7 Å². The summed E-state index contributed by atoms with van der Waals surface area (Å²) in [5.74, 6) is -2.26. The van der Waals surface area contributed by atoms with Gasteiger partial charge in [-0.25, -0.2) is 18.2 Å². The number of hydrogen-bond acceptors (Lipinski definition) is 9. The van der Waals surface area contributed by atoms with Crippen LogP contribution in [0.1, 0.15) is 71.3 Å². The first-order valence-corrected chi connectivity index (χ1v) is 19.6. The van der Waals surface area contributed by atoms with Crippen molar-refractivity contribution in [3.05, 3.63) is 48.7 Å². The van der Waals surface area contributed by atoms with Gasteiger partial charge in [-0.1, -0.05) is 54.9 Å². The largest absolute Gasteiger partial charge is 0.471 e. The van der Waals surface area contributed by atoms with Gasteiger partial charge in [0.1, 0.15) is 28.7 Å². The minimum absolute atomic E-state index is 0.00336. The van der Waals surface area contributed by atoms with Crippen molar-refractivity contribution in [2.45, 2.75) is 106 Å². The number of cyclic esters (lactones) is 1. The Labute approximate surface area is 300 Å². The van der Waals surface area contributed by atoms with Crippen molar-refractivity contribution >= 4 is 60.5 Å². The Morgan fingerprint density at radius 1 is 1.16 bits per heavy atom. The number of aryl methyl sites for hydroxylation is 1. The summed E-state index contributed by atoms with van der Waals surface area (Å²) in [6.45, 7) is 9.33. The first-order chi connectivity index (χ1) is 23.6. The van der Waals surface area contributed by atoms with Gasteiger partial charge in [0.05, 0.1) is 11.9 Å². The highest BCUT2D eigenvalue weighted by Gasteiger charge is 2.62. The fourth-order valence-corrected chi connectivity index (χ4v) is 8.92. The molecule has 3 fully saturated rings. The molecule has 50 heavy (non-hydrogen) atoms. The van der Waals surface area contributed by atoms with E-state index in [0.717, 1.165) is 35.6 Å². The number of hydrogen-bond donors (Lipinski definition) is 3. The standard InChI is InChI=1S/C35H44BrN5O8S/c1-5-22-19-35(22,32(44)40-50(46,47)23-12-13-23)39-29(42)25-18-26-28(36)41(25)31(43)27(34(2,3)4)38-33(45)48-16-8-6-7-9-20-10-11-21-14-15-37-30(49-26)24(21)17-20/h5,10-11,14-15,17,22-23,25-28H,1,6-9,12-13,16,18-19H2,2-4H3,(H,38,45)(H,39,42)(H,40,44)/t22-,25+,26-,27-,28?,35-/m1/s1. The molecule has 270 valence electrons. The van der Waals surface area contributed by atoms with Gasteiger partial charge < -0.3 is 25.0 Å². The molecule has 2 aliphatic carbocycles. The van der Waals surface area contributed by atoms with E-state index in [-0.39, 0.29) is 19.4 Å². The SMILES string of the molecule is C=C[C@@H]1C[C@]1(NC(=O)[C@@H]1C[C@H]2Oc3nccc4ccc(cc34)CCCCCOC(=O)N[C@@H](C(C)(C)C)C(=O)N1C2Br)C(=O)NS(=O)(=O)C1CC1. The van der Waals surface area contributed by atoms with Gasteiger partial charge in [-0.05, 0) is 73.4 Å². The van der Waals surface area contributed by atoms with Crippen LogP contribution in [0.2, 0.25) is 0 Å². The maximum atomic E-state index is 14.6. The summed E-state index contributed by atoms with van der Waals surface area (Å²) in [7, 11) is -3.89. The Bertz CT molecular complexity index is 1810. The highest BCUT2D eigenvalue weighted by Crippen LogP contribution is 2.46. The molecular weight excluding hydrogens is 730 g/mol. The van der Waals surface area contributed by atoms with Crippen molar-refractivity contribution in [3.8, 4) is 5.88 Å². The highest BCUT2D eigenvalue weighted by molar-refractivity contribution is 9.09. The number of halogens is 1. The molecule has 4 bridgehead atoms. The number of aromatic nitrogens is 1. The zero-order valence-corrected chi connectivity index (χ0v) is 30.8. The van der Waals surface area contributed by atoms with E-state index in [4.69, 9.17) is 9.47 Å². The van der Waals surface area contributed by atoms with E-state index in [1.54, 1.807) is 27.0 Å². The molecule has 3 heterocycles. The first-order valence-electron chi connectivity index (χ1n) is 17.1. The molecule has 15 heteroatoms. The number of alkyl halides is 1. The third-order valence-corrected chi connectivity index (χ3v) is 12.8. The van der Waals surface area contributed by atoms with E-state index in [2.05, 4.69) is 48.9 Å². The summed E-state index contributed by atoms with van der Waals surface area (Å²) >= 11 is 3.65. The number of nitrogens with one attached hydrogen (secondary N) is 3. The van der Waals surface area contributed by atoms with E-state index in [1.807, 2.05) is 18.2 Å². The number of sulfonamides is 1. The van der Waals surface area contributed by atoms with Crippen LogP contribution in [0, 0.1) is 11.3 Å². The smallest absolute Gasteiger partial charge is 0.407 e. The molecule has 1 saturated heterocycles. The molecule has 13 nitrogen and oxygen atoms in total. The number of nitrogens with zero attached hydrogens (tertiary/aromatic N) is 2. The molecule has 6 rings (SSSR count). The zero-order chi connectivity index (χ0) is 36.0. The number of benzene rings is 1. The van der Waals surface area contributed by atoms with E-state index in [1.165, 1.54) is 11.0 Å². The minimum Gasteiger partial charge on any atom is -0.471 e. The van der Waals surface area contributed by atoms with Gasteiger partial charge in [0.15, 0.2) is 0 Å². The summed E-state index contributed by atoms with van der Waals surface area (Å²) in [6, 6.07) is 5.70. The summed E-state index contributed by atoms with van der Waals surface area (Å²) in [4.78, 5) is 60.3. The lowest BCUT2D eigenvalue weighted by Gasteiger charge is -2.36. The van der Waals surface area contributed by atoms with Gasteiger partial charge in [0.25, 0.3) is 5.91 Å². The van der Waals surface area contributed by atoms with Crippen LogP contribution in [0.25, 0.3) is 10.8 Å². The number of amides is 4. The van der Waals surface area contributed by atoms with Gasteiger partial charge in [0, 0.05) is 23.9 Å². The lowest BCUT2D eigenvalue weighted by Crippen LogP contribution is -2.61. The van der Waals surface area contributed by atoms with Crippen molar-refractivity contribution in [1.29, 1.82) is 0 Å². The molecule has 2 aliphatic heterocycles. The van der Waals surface area contributed by atoms with Crippen LogP contribution in [-0.2, 0) is 35.6 Å². The lowest BCUT2D eigenvalue weighted by molar-refractivity contribution is -0.143. The minimum atomic E-state index is -3.89. The number of rotatable bonds is 6. The fourth-order valence-electron chi connectivity index (χ4n) is 6.74. The Kier molecular flexibility index (Phi) is 9.94. The molecular formula is C35H44BrN5O8S. The van der Waals surface area contributed by atoms with Crippen LogP contribution in [0.3, 0.4) is 0 Å². The number of alkyl carbamates (subject to hydrolysis) is 1. The molecule has 2 saturated carbocycles. The van der Waals surface area contributed by atoms with E-state index < -0.39 is 79.1 Å². The second kappa shape index (κ2) is 13.8. The molecule has 1 unspecified atom stereocenters. The van der Waals surface area contributed by atoms with E-state index in [9.17, 15) is 27.6 Å². The number of pyridine rings is 1. The van der Waals surface area contributed by atoms with Crippen molar-refractivity contribution in [3.63, 3.8) is 0 Å². The maximum Gasteiger partial charge on any atom is 0.407 e. The third-order valence-electron chi connectivity index (χ3n) is 9.94. The molecule has 1 aromatic carbocycles. The van der Waals surface area contributed by atoms with Crippen molar-refractivity contribution < 1.29 is 37.1 Å². The summed E-state index contributed by atoms with van der Waals surface area (Å²) < 4.78 is 39.5. The quantitative estimate of drug-likeness (QED) is 0.224. The average molecular weight is 775 g/mol. The molecule has 2 aromatic rings. The molecule has 4 amide bonds. The number of ether oxygens (including phenoxy) is 2. The van der Waals surface area contributed by atoms with Crippen LogP contribution in [0.15, 0.2) is 43.1 Å². The second-order valence-corrected chi connectivity index (χ2v) is 17.7. The predicted molar refractivity (Wildman–Crippen MR) is 189 cm³/mol. The Morgan fingerprint density at radius 3 is 2.60 bits per heavy atom. The van der Waals surface area contributed by atoms with Crippen LogP contribution in [0.5, 0.6) is 5.88 Å². The average Bonchev–Trinajstić information content (AvgIpc) is 3.98. The maximum absolute atomic E-state index is 14.6. The lowest BCUT2D eigenvalue weighted by atomic mass is 9.85. The van der Waals surface area contributed by atoms with Crippen molar-refractivity contribution in [2.24, 2.45) is 11.3 Å². The van der Waals surface area contributed by atoms with Crippen LogP contribution >= 0.6 is 15.9 Å². The zero-order valence-electron chi connectivity index (χ0n) is 28.4. The highest BCUT2D eigenvalue weighted by atomic mass is 79.9. The van der Waals surface area contributed by atoms with Gasteiger partial charge in [-0.2, -0.15) is 0 Å². The van der Waals surface area contributed by atoms with Crippen molar-refractivity contribution in [2.75, 3.05) is 6.61 Å². The van der Waals surface area contributed by atoms with E-state index in [0.29, 0.717) is 25.1 Å². The number of fused-ring (bicyclic) bond motifs is 3. The van der Waals surface area contributed by atoms with Crippen LogP contribution < -0.4 is 20.1 Å². The van der Waals surface area contributed by atoms with Crippen molar-refractivity contribution in [1.82, 2.24) is 25.2 Å². The van der Waals surface area contributed by atoms with E-state index >= 15 is 0 Å². The molecule has 3 N–H and O–H groups in total. The molecule has 1 aromatic heterocycles. The monoisotopic (exact) mass is 773 g/mol. The van der Waals surface area contributed by atoms with Gasteiger partial charge >= 0.3 is 6.09 Å². The second-order valence-electron chi connectivity index (χ2n) is 14.8. The topological polar surface area (TPSA) is 173 Å². The molecule has 4 aliphatic rings. The summed E-state index contributed by atoms with van der Waals surface area (Å²) in [5.41, 5.74) is -1.27. The predicted octanol–water partition coefficient (Wildman–Crippen LogP) is 3.84. The number of carbonyl (C=O) groups excluding carboxylic acids is 4. The summed E-state index contributed by atoms with van der Waals surface area (Å²) in [5, 5.41) is 6.60. The third kappa shape index (κ3) is 7.34. The first kappa shape index (κ1) is 36.1. The number of carbonyl (C=O) groups is 4. The van der Waals surface area contributed by atoms with Crippen LogP contribution in [0.4, 0.5) is 4.79 Å². The molecule has 0 spiro atoms. The molecule has 6 atom stereocenters. The summed E-state index contributed by atoms with van der Waals surface area (Å²) in [6.07, 6.45) is 5.85. The van der Waals surface area contributed by atoms with Crippen LogP contribution in [-0.4, -0.2) is 82.7 Å². The fraction of sp³-hybridized carbons (Fsp3) is 0.571. The van der Waals surface area contributed by atoms with Gasteiger partial charge in [-0.3, -0.25) is 19.1 Å². The molecule has 0 radical (unpaired) electrons. The normalized spacial score (nSPS) is 29.2. The van der Waals surface area contributed by atoms with Gasteiger partial charge in [-0.15, -0.1) is 6.58 Å². The Balaban J connectivity index is 1.35. The Hall–Kier alpha value is -3.72. The Morgan fingerprint density at radius 2 is 1.92 bits per heavy atom.